The van der Waals surface area contributed by atoms with Gasteiger partial charge in [-0.05, 0) is 62.9 Å². The maximum Gasteiger partial charge on any atom is 0.250 e. The van der Waals surface area contributed by atoms with E-state index < -0.39 is 35.6 Å². The lowest BCUT2D eigenvalue weighted by Gasteiger charge is -2.37. The number of alkyl halides is 1. The minimum Gasteiger partial charge on any atom is -0.394 e. The number of aliphatic hydroxyl groups is 1. The fraction of sp³-hybridized carbons (Fsp3) is 0.531. The van der Waals surface area contributed by atoms with E-state index in [1.807, 2.05) is 61.5 Å². The molecule has 2 bridgehead atoms. The molecule has 2 aromatic carbocycles. The molecular formula is C32H41BrN4O5. The smallest absolute Gasteiger partial charge is 0.250 e. The van der Waals surface area contributed by atoms with Gasteiger partial charge >= 0.3 is 0 Å². The highest BCUT2D eigenvalue weighted by Crippen LogP contribution is 2.60. The predicted molar refractivity (Wildman–Crippen MR) is 166 cm³/mol. The Balaban J connectivity index is 1.51. The summed E-state index contributed by atoms with van der Waals surface area (Å²) in [5.74, 6) is -2.49. The molecule has 2 aromatic rings. The number of likely N-dealkylation sites (tertiary alicyclic amines) is 1. The molecule has 1 spiro atoms. The van der Waals surface area contributed by atoms with Gasteiger partial charge in [0.25, 0.3) is 0 Å². The maximum atomic E-state index is 14.4. The number of hydrogen-bond acceptors (Lipinski definition) is 6. The Morgan fingerprint density at radius 1 is 1.10 bits per heavy atom. The Morgan fingerprint density at radius 3 is 2.40 bits per heavy atom. The van der Waals surface area contributed by atoms with E-state index in [1.54, 1.807) is 0 Å². The van der Waals surface area contributed by atoms with Crippen molar-refractivity contribution >= 4 is 45.0 Å². The Hall–Kier alpha value is -2.95. The van der Waals surface area contributed by atoms with Gasteiger partial charge in [0.15, 0.2) is 0 Å². The molecule has 9 nitrogen and oxygen atoms in total. The highest BCUT2D eigenvalue weighted by molar-refractivity contribution is 9.09. The number of fused-ring (bicyclic) bond motifs is 1. The van der Waals surface area contributed by atoms with Gasteiger partial charge in [-0.1, -0.05) is 53.2 Å². The largest absolute Gasteiger partial charge is 0.394 e. The van der Waals surface area contributed by atoms with Gasteiger partial charge in [0.1, 0.15) is 11.6 Å². The zero-order chi connectivity index (χ0) is 30.0. The monoisotopic (exact) mass is 640 g/mol. The van der Waals surface area contributed by atoms with E-state index in [4.69, 9.17) is 4.74 Å². The van der Waals surface area contributed by atoms with Crippen LogP contribution in [0.5, 0.6) is 0 Å². The van der Waals surface area contributed by atoms with Gasteiger partial charge in [-0.2, -0.15) is 0 Å². The van der Waals surface area contributed by atoms with Crippen molar-refractivity contribution in [3.8, 4) is 0 Å². The van der Waals surface area contributed by atoms with Gasteiger partial charge in [-0.15, -0.1) is 0 Å². The van der Waals surface area contributed by atoms with Crippen LogP contribution < -0.4 is 15.5 Å². The van der Waals surface area contributed by atoms with Crippen molar-refractivity contribution in [3.63, 3.8) is 0 Å². The van der Waals surface area contributed by atoms with Crippen LogP contribution in [-0.2, 0) is 25.5 Å². The summed E-state index contributed by atoms with van der Waals surface area (Å²) in [6.45, 7) is 8.06. The minimum absolute atomic E-state index is 0.191. The first kappa shape index (κ1) is 30.5. The van der Waals surface area contributed by atoms with Gasteiger partial charge in [-0.25, -0.2) is 0 Å². The molecule has 3 aliphatic rings. The quantitative estimate of drug-likeness (QED) is 0.307. The summed E-state index contributed by atoms with van der Waals surface area (Å²) in [4.78, 5) is 45.6. The van der Waals surface area contributed by atoms with Crippen molar-refractivity contribution in [1.29, 1.82) is 0 Å². The second kappa shape index (κ2) is 12.7. The van der Waals surface area contributed by atoms with Crippen molar-refractivity contribution in [3.05, 3.63) is 60.2 Å². The number of hydrogen-bond donors (Lipinski definition) is 3. The van der Waals surface area contributed by atoms with Crippen molar-refractivity contribution in [2.75, 3.05) is 36.5 Å². The number of ether oxygens (including phenoxy) is 1. The average molecular weight is 642 g/mol. The summed E-state index contributed by atoms with van der Waals surface area (Å²) < 4.78 is 6.59. The van der Waals surface area contributed by atoms with Gasteiger partial charge in [-0.3, -0.25) is 14.4 Å². The van der Waals surface area contributed by atoms with E-state index in [0.717, 1.165) is 30.8 Å². The fourth-order valence-corrected chi connectivity index (χ4v) is 8.06. The number of carbonyl (C=O) groups excluding carboxylic acids is 3. The van der Waals surface area contributed by atoms with Crippen LogP contribution in [0.3, 0.4) is 0 Å². The van der Waals surface area contributed by atoms with Crippen LogP contribution in [0.15, 0.2) is 54.6 Å². The van der Waals surface area contributed by atoms with E-state index in [-0.39, 0.29) is 29.2 Å². The molecule has 3 aliphatic heterocycles. The Labute approximate surface area is 256 Å². The van der Waals surface area contributed by atoms with E-state index in [1.165, 1.54) is 4.90 Å². The van der Waals surface area contributed by atoms with Crippen LogP contribution in [0.1, 0.15) is 39.2 Å². The maximum absolute atomic E-state index is 14.4. The molecule has 42 heavy (non-hydrogen) atoms. The van der Waals surface area contributed by atoms with Crippen LogP contribution in [0.2, 0.25) is 0 Å². The second-order valence-electron chi connectivity index (χ2n) is 11.4. The topological polar surface area (TPSA) is 111 Å². The molecule has 7 atom stereocenters. The number of halogens is 1. The molecule has 0 aromatic heterocycles. The first-order chi connectivity index (χ1) is 20.3. The standard InChI is InChI=1S/C32H41BrN4O5/c1-4-16-34-29(39)25-26-31(41)37(23(19-38)17-20-10-8-7-9-11-20)28(32(26)18-24(33)27(25)42-32)30(40)35-21-12-14-22(15-13-21)36(5-2)6-3/h7-15,23-28,38H,4-6,16-19H2,1-3H3,(H,34,39)(H,35,40)/t23-,24?,25+,26+,27+,28?,32?/m1/s1. The van der Waals surface area contributed by atoms with E-state index in [9.17, 15) is 19.5 Å². The molecule has 0 aliphatic carbocycles. The molecule has 3 amide bonds. The lowest BCUT2D eigenvalue weighted by molar-refractivity contribution is -0.144. The van der Waals surface area contributed by atoms with Crippen LogP contribution >= 0.6 is 15.9 Å². The summed E-state index contributed by atoms with van der Waals surface area (Å²) in [5, 5.41) is 16.6. The molecule has 10 heteroatoms. The number of nitrogens with one attached hydrogen (secondary N) is 2. The zero-order valence-electron chi connectivity index (χ0n) is 24.5. The van der Waals surface area contributed by atoms with Gasteiger partial charge in [0.2, 0.25) is 17.7 Å². The number of nitrogens with zero attached hydrogens (tertiary/aromatic N) is 2. The van der Waals surface area contributed by atoms with Crippen molar-refractivity contribution < 1.29 is 24.2 Å². The molecule has 3 N–H and O–H groups in total. The normalized spacial score (nSPS) is 28.5. The third-order valence-corrected chi connectivity index (χ3v) is 9.85. The fourth-order valence-electron chi connectivity index (χ4n) is 7.12. The Bertz CT molecular complexity index is 1270. The van der Waals surface area contributed by atoms with E-state index >= 15 is 0 Å². The molecule has 5 rings (SSSR count). The Kier molecular flexibility index (Phi) is 9.25. The number of benzene rings is 2. The average Bonchev–Trinajstić information content (AvgIpc) is 3.60. The third-order valence-electron chi connectivity index (χ3n) is 9.01. The van der Waals surface area contributed by atoms with Crippen LogP contribution in [0.25, 0.3) is 0 Å². The lowest BCUT2D eigenvalue weighted by atomic mass is 9.70. The molecule has 0 saturated carbocycles. The van der Waals surface area contributed by atoms with Crippen LogP contribution in [-0.4, -0.2) is 82.6 Å². The third kappa shape index (κ3) is 5.33. The van der Waals surface area contributed by atoms with Crippen LogP contribution in [0.4, 0.5) is 11.4 Å². The van der Waals surface area contributed by atoms with E-state index in [2.05, 4.69) is 45.3 Å². The summed E-state index contributed by atoms with van der Waals surface area (Å²) in [6, 6.07) is 15.6. The molecule has 0 radical (unpaired) electrons. The number of amides is 3. The SMILES string of the molecule is CCCNC(=O)[C@H]1[C@H]2C(=O)N([C@@H](CO)Cc3ccccc3)C(C(=O)Nc3ccc(N(CC)CC)cc3)C23CC(Br)[C@@H]1O3. The summed E-state index contributed by atoms with van der Waals surface area (Å²) >= 11 is 3.71. The van der Waals surface area contributed by atoms with Gasteiger partial charge in [0.05, 0.1) is 30.6 Å². The minimum atomic E-state index is -1.19. The number of rotatable bonds is 12. The highest BCUT2D eigenvalue weighted by Gasteiger charge is 2.77. The molecule has 3 unspecified atom stereocenters. The Morgan fingerprint density at radius 2 is 1.79 bits per heavy atom. The van der Waals surface area contributed by atoms with E-state index in [0.29, 0.717) is 25.1 Å². The molecule has 3 saturated heterocycles. The first-order valence-corrected chi connectivity index (χ1v) is 15.9. The predicted octanol–water partition coefficient (Wildman–Crippen LogP) is 3.35. The first-order valence-electron chi connectivity index (χ1n) is 15.0. The number of anilines is 2. The summed E-state index contributed by atoms with van der Waals surface area (Å²) in [6.07, 6.45) is 1.01. The summed E-state index contributed by atoms with van der Waals surface area (Å²) in [5.41, 5.74) is 1.40. The summed E-state index contributed by atoms with van der Waals surface area (Å²) in [7, 11) is 0. The van der Waals surface area contributed by atoms with Crippen LogP contribution in [0, 0.1) is 11.8 Å². The second-order valence-corrected chi connectivity index (χ2v) is 12.6. The van der Waals surface area contributed by atoms with Crippen molar-refractivity contribution in [2.45, 2.75) is 68.6 Å². The van der Waals surface area contributed by atoms with Crippen molar-refractivity contribution in [2.24, 2.45) is 11.8 Å². The molecule has 3 heterocycles. The number of carbonyl (C=O) groups is 3. The van der Waals surface area contributed by atoms with Gasteiger partial charge < -0.3 is 30.3 Å². The lowest BCUT2D eigenvalue weighted by Crippen LogP contribution is -2.57. The van der Waals surface area contributed by atoms with Gasteiger partial charge in [0, 0.05) is 35.8 Å². The highest BCUT2D eigenvalue weighted by atomic mass is 79.9. The zero-order valence-corrected chi connectivity index (χ0v) is 26.0. The molecular weight excluding hydrogens is 600 g/mol. The van der Waals surface area contributed by atoms with Crippen molar-refractivity contribution in [1.82, 2.24) is 10.2 Å². The number of aliphatic hydroxyl groups excluding tert-OH is 1. The molecule has 3 fully saturated rings. The molecule has 226 valence electrons.